The lowest BCUT2D eigenvalue weighted by Crippen LogP contribution is -2.44. The first kappa shape index (κ1) is 14.3. The smallest absolute Gasteiger partial charge is 0.271 e. The number of hydrogen-bond acceptors (Lipinski definition) is 4. The van der Waals surface area contributed by atoms with Gasteiger partial charge in [-0.3, -0.25) is 14.2 Å². The first-order valence-corrected chi connectivity index (χ1v) is 8.13. The molecule has 0 saturated carbocycles. The molecule has 1 fully saturated rings. The molecule has 1 aliphatic rings. The van der Waals surface area contributed by atoms with Gasteiger partial charge in [0.05, 0.1) is 11.8 Å². The maximum Gasteiger partial charge on any atom is 0.271 e. The lowest BCUT2D eigenvalue weighted by atomic mass is 9.92. The summed E-state index contributed by atoms with van der Waals surface area (Å²) in [5.74, 6) is 1.05. The fourth-order valence-electron chi connectivity index (χ4n) is 3.10. The van der Waals surface area contributed by atoms with E-state index >= 15 is 0 Å². The minimum absolute atomic E-state index is 0.00760. The average molecular weight is 305 g/mol. The summed E-state index contributed by atoms with van der Waals surface area (Å²) in [5.41, 5.74) is 0.579. The standard InChI is InChI=1S/C15H19N3O2S/c1-10-5-11(2)7-17(6-10)13(19)8-18-9-16-12-3-4-21-14(12)15(18)20/h3-4,9-11H,5-8H2,1-2H3/t10-,11-/m1/s1. The second kappa shape index (κ2) is 5.60. The van der Waals surface area contributed by atoms with Crippen molar-refractivity contribution >= 4 is 27.5 Å². The van der Waals surface area contributed by atoms with Gasteiger partial charge in [-0.25, -0.2) is 4.98 Å². The number of piperidine rings is 1. The predicted octanol–water partition coefficient (Wildman–Crippen LogP) is 1.96. The quantitative estimate of drug-likeness (QED) is 0.852. The summed E-state index contributed by atoms with van der Waals surface area (Å²) in [6, 6.07) is 1.82. The number of rotatable bonds is 2. The molecule has 5 nitrogen and oxygen atoms in total. The van der Waals surface area contributed by atoms with E-state index in [0.29, 0.717) is 22.1 Å². The summed E-state index contributed by atoms with van der Waals surface area (Å²) in [5, 5.41) is 1.85. The Labute approximate surface area is 127 Å². The number of thiophene rings is 1. The fraction of sp³-hybridized carbons (Fsp3) is 0.533. The van der Waals surface area contributed by atoms with Crippen LogP contribution >= 0.6 is 11.3 Å². The van der Waals surface area contributed by atoms with Crippen molar-refractivity contribution in [3.63, 3.8) is 0 Å². The number of carbonyl (C=O) groups excluding carboxylic acids is 1. The van der Waals surface area contributed by atoms with E-state index in [1.54, 1.807) is 0 Å². The van der Waals surface area contributed by atoms with Crippen LogP contribution in [-0.4, -0.2) is 33.4 Å². The van der Waals surface area contributed by atoms with Crippen molar-refractivity contribution in [1.29, 1.82) is 0 Å². The predicted molar refractivity (Wildman–Crippen MR) is 83.4 cm³/mol. The van der Waals surface area contributed by atoms with Crippen LogP contribution in [0.25, 0.3) is 10.2 Å². The second-order valence-corrected chi connectivity index (χ2v) is 6.97. The van der Waals surface area contributed by atoms with E-state index in [1.807, 2.05) is 16.3 Å². The van der Waals surface area contributed by atoms with Crippen LogP contribution in [0.2, 0.25) is 0 Å². The first-order valence-electron chi connectivity index (χ1n) is 7.25. The Morgan fingerprint density at radius 2 is 2.10 bits per heavy atom. The molecular weight excluding hydrogens is 286 g/mol. The third-order valence-corrected chi connectivity index (χ3v) is 4.85. The van der Waals surface area contributed by atoms with E-state index in [-0.39, 0.29) is 18.0 Å². The molecule has 1 aliphatic heterocycles. The molecule has 0 bridgehead atoms. The van der Waals surface area contributed by atoms with Gasteiger partial charge in [-0.05, 0) is 29.7 Å². The molecule has 0 radical (unpaired) electrons. The van der Waals surface area contributed by atoms with Crippen LogP contribution in [0.15, 0.2) is 22.6 Å². The maximum atomic E-state index is 12.4. The van der Waals surface area contributed by atoms with Gasteiger partial charge in [-0.1, -0.05) is 13.8 Å². The number of fused-ring (bicyclic) bond motifs is 1. The number of hydrogen-bond donors (Lipinski definition) is 0. The summed E-state index contributed by atoms with van der Waals surface area (Å²) in [6.45, 7) is 5.99. The van der Waals surface area contributed by atoms with Crippen LogP contribution in [0.3, 0.4) is 0 Å². The maximum absolute atomic E-state index is 12.4. The van der Waals surface area contributed by atoms with Crippen LogP contribution < -0.4 is 5.56 Å². The zero-order chi connectivity index (χ0) is 15.0. The molecule has 112 valence electrons. The van der Waals surface area contributed by atoms with Crippen molar-refractivity contribution in [2.24, 2.45) is 11.8 Å². The van der Waals surface area contributed by atoms with Gasteiger partial charge in [0.2, 0.25) is 5.91 Å². The van der Waals surface area contributed by atoms with Crippen molar-refractivity contribution in [2.45, 2.75) is 26.8 Å². The third-order valence-electron chi connectivity index (χ3n) is 3.96. The highest BCUT2D eigenvalue weighted by Crippen LogP contribution is 2.21. The number of amides is 1. The van der Waals surface area contributed by atoms with E-state index in [0.717, 1.165) is 19.5 Å². The summed E-state index contributed by atoms with van der Waals surface area (Å²) in [4.78, 5) is 30.8. The van der Waals surface area contributed by atoms with Gasteiger partial charge in [0.25, 0.3) is 5.56 Å². The van der Waals surface area contributed by atoms with Crippen molar-refractivity contribution < 1.29 is 4.79 Å². The molecule has 1 amide bonds. The van der Waals surface area contributed by atoms with Gasteiger partial charge in [-0.15, -0.1) is 11.3 Å². The van der Waals surface area contributed by atoms with Gasteiger partial charge < -0.3 is 4.90 Å². The van der Waals surface area contributed by atoms with Crippen LogP contribution in [-0.2, 0) is 11.3 Å². The van der Waals surface area contributed by atoms with Crippen LogP contribution in [0.4, 0.5) is 0 Å². The Bertz CT molecular complexity index is 711. The molecular formula is C15H19N3O2S. The molecule has 2 aromatic rings. The summed E-state index contributed by atoms with van der Waals surface area (Å²) in [6.07, 6.45) is 2.64. The molecule has 0 aliphatic carbocycles. The summed E-state index contributed by atoms with van der Waals surface area (Å²) in [7, 11) is 0. The number of nitrogens with zero attached hydrogens (tertiary/aromatic N) is 3. The summed E-state index contributed by atoms with van der Waals surface area (Å²) >= 11 is 1.37. The van der Waals surface area contributed by atoms with Crippen LogP contribution in [0.1, 0.15) is 20.3 Å². The van der Waals surface area contributed by atoms with E-state index in [1.165, 1.54) is 22.2 Å². The average Bonchev–Trinajstić information content (AvgIpc) is 2.90. The van der Waals surface area contributed by atoms with E-state index in [4.69, 9.17) is 0 Å². The van der Waals surface area contributed by atoms with Crippen molar-refractivity contribution in [3.8, 4) is 0 Å². The van der Waals surface area contributed by atoms with E-state index in [2.05, 4.69) is 18.8 Å². The number of likely N-dealkylation sites (tertiary alicyclic amines) is 1. The van der Waals surface area contributed by atoms with Crippen molar-refractivity contribution in [3.05, 3.63) is 28.1 Å². The van der Waals surface area contributed by atoms with Gasteiger partial charge >= 0.3 is 0 Å². The second-order valence-electron chi connectivity index (χ2n) is 6.06. The Hall–Kier alpha value is -1.69. The molecule has 6 heteroatoms. The van der Waals surface area contributed by atoms with Gasteiger partial charge in [0.1, 0.15) is 11.2 Å². The molecule has 0 aromatic carbocycles. The Morgan fingerprint density at radius 3 is 2.81 bits per heavy atom. The van der Waals surface area contributed by atoms with E-state index in [9.17, 15) is 9.59 Å². The molecule has 0 unspecified atom stereocenters. The minimum Gasteiger partial charge on any atom is -0.341 e. The largest absolute Gasteiger partial charge is 0.341 e. The van der Waals surface area contributed by atoms with Gasteiger partial charge in [0, 0.05) is 13.1 Å². The van der Waals surface area contributed by atoms with Crippen LogP contribution in [0, 0.1) is 11.8 Å². The van der Waals surface area contributed by atoms with Gasteiger partial charge in [0.15, 0.2) is 0 Å². The lowest BCUT2D eigenvalue weighted by Gasteiger charge is -2.35. The lowest BCUT2D eigenvalue weighted by molar-refractivity contribution is -0.134. The molecule has 3 heterocycles. The molecule has 3 rings (SSSR count). The van der Waals surface area contributed by atoms with E-state index < -0.39 is 0 Å². The highest BCUT2D eigenvalue weighted by molar-refractivity contribution is 7.17. The molecule has 2 aromatic heterocycles. The Morgan fingerprint density at radius 1 is 1.38 bits per heavy atom. The molecule has 0 spiro atoms. The first-order chi connectivity index (χ1) is 10.0. The number of carbonyl (C=O) groups is 1. The van der Waals surface area contributed by atoms with Gasteiger partial charge in [-0.2, -0.15) is 0 Å². The molecule has 21 heavy (non-hydrogen) atoms. The zero-order valence-corrected chi connectivity index (χ0v) is 13.1. The van der Waals surface area contributed by atoms with Crippen molar-refractivity contribution in [2.75, 3.05) is 13.1 Å². The Balaban J connectivity index is 1.80. The summed E-state index contributed by atoms with van der Waals surface area (Å²) < 4.78 is 2.04. The molecule has 1 saturated heterocycles. The normalized spacial score (nSPS) is 22.7. The topological polar surface area (TPSA) is 55.2 Å². The molecule has 0 N–H and O–H groups in total. The molecule has 2 atom stereocenters. The SMILES string of the molecule is C[C@@H]1C[C@@H](C)CN(C(=O)Cn2cnc3ccsc3c2=O)C1. The minimum atomic E-state index is -0.124. The highest BCUT2D eigenvalue weighted by Gasteiger charge is 2.25. The fourth-order valence-corrected chi connectivity index (χ4v) is 3.90. The van der Waals surface area contributed by atoms with Crippen molar-refractivity contribution in [1.82, 2.24) is 14.5 Å². The highest BCUT2D eigenvalue weighted by atomic mass is 32.1. The number of aromatic nitrogens is 2. The van der Waals surface area contributed by atoms with Crippen LogP contribution in [0.5, 0.6) is 0 Å². The monoisotopic (exact) mass is 305 g/mol. The third kappa shape index (κ3) is 2.85. The Kier molecular flexibility index (Phi) is 3.80. The zero-order valence-electron chi connectivity index (χ0n) is 12.3.